The molecule has 1 aromatic carbocycles. The van der Waals surface area contributed by atoms with Gasteiger partial charge in [-0.25, -0.2) is 14.2 Å². The summed E-state index contributed by atoms with van der Waals surface area (Å²) in [5.41, 5.74) is 5.62. The van der Waals surface area contributed by atoms with Gasteiger partial charge < -0.3 is 24.4 Å². The number of rotatable bonds is 5. The number of hydrogen-bond acceptors (Lipinski definition) is 7. The Labute approximate surface area is 206 Å². The van der Waals surface area contributed by atoms with Gasteiger partial charge in [0.1, 0.15) is 12.4 Å². The predicted octanol–water partition coefficient (Wildman–Crippen LogP) is 2.31. The van der Waals surface area contributed by atoms with Gasteiger partial charge in [-0.2, -0.15) is 0 Å². The Kier molecular flexibility index (Phi) is 5.47. The molecule has 2 N–H and O–H groups in total. The lowest BCUT2D eigenvalue weighted by Crippen LogP contribution is -2.32. The SMILES string of the molecule is Cc1c(F)cc2nc3c(c4c2c1CC[C@H]4CCN(C)CCO)Cn1c-3cc2c(c1=O)COC(=O)[C@H]2O. The first-order valence-electron chi connectivity index (χ1n) is 12.4. The Morgan fingerprint density at radius 1 is 1.22 bits per heavy atom. The lowest BCUT2D eigenvalue weighted by molar-refractivity contribution is -0.157. The van der Waals surface area contributed by atoms with Crippen LogP contribution in [0.5, 0.6) is 0 Å². The molecule has 2 atom stereocenters. The largest absolute Gasteiger partial charge is 0.458 e. The number of hydrogen-bond donors (Lipinski definition) is 2. The second-order valence-corrected chi connectivity index (χ2v) is 10.1. The fourth-order valence-corrected chi connectivity index (χ4v) is 6.14. The number of likely N-dealkylation sites (N-methyl/N-ethyl adjacent to an activating group) is 1. The number of aliphatic hydroxyl groups excluding tert-OH is 2. The molecule has 0 bridgehead atoms. The summed E-state index contributed by atoms with van der Waals surface area (Å²) in [6.45, 7) is 3.45. The molecule has 6 rings (SSSR count). The number of benzene rings is 1. The van der Waals surface area contributed by atoms with Crippen molar-refractivity contribution in [3.05, 3.63) is 61.7 Å². The number of ether oxygens (including phenoxy) is 1. The number of aromatic nitrogens is 2. The van der Waals surface area contributed by atoms with Crippen molar-refractivity contribution in [1.82, 2.24) is 14.5 Å². The minimum Gasteiger partial charge on any atom is -0.458 e. The molecule has 1 aliphatic carbocycles. The Balaban J connectivity index is 1.57. The first-order valence-corrected chi connectivity index (χ1v) is 12.4. The maximum atomic E-state index is 14.9. The molecule has 2 aromatic heterocycles. The number of pyridine rings is 2. The maximum Gasteiger partial charge on any atom is 0.340 e. The highest BCUT2D eigenvalue weighted by molar-refractivity contribution is 5.93. The molecule has 36 heavy (non-hydrogen) atoms. The van der Waals surface area contributed by atoms with Crippen LogP contribution in [0.1, 0.15) is 58.2 Å². The standard InChI is InChI=1S/C27H28FN3O5/c1-13-15-4-3-14(5-6-30(2)7-8-32)22-17-11-31-21(24(17)29-20(23(15)22)10-19(13)28)9-16-18(26(31)34)12-36-27(35)25(16)33/h9-10,14,25,32-33H,3-8,11-12H2,1-2H3/t14-,25-/m0/s1. The quantitative estimate of drug-likeness (QED) is 0.411. The van der Waals surface area contributed by atoms with Crippen LogP contribution in [-0.4, -0.2) is 57.4 Å². The van der Waals surface area contributed by atoms with Gasteiger partial charge in [0.2, 0.25) is 0 Å². The average Bonchev–Trinajstić information content (AvgIpc) is 3.23. The predicted molar refractivity (Wildman–Crippen MR) is 130 cm³/mol. The van der Waals surface area contributed by atoms with E-state index in [0.29, 0.717) is 35.6 Å². The van der Waals surface area contributed by atoms with Crippen LogP contribution in [-0.2, 0) is 29.1 Å². The summed E-state index contributed by atoms with van der Waals surface area (Å²) >= 11 is 0. The first-order chi connectivity index (χ1) is 17.3. The van der Waals surface area contributed by atoms with Crippen LogP contribution in [0.15, 0.2) is 16.9 Å². The van der Waals surface area contributed by atoms with Crippen molar-refractivity contribution in [2.45, 2.75) is 51.4 Å². The molecule has 9 heteroatoms. The molecule has 0 spiro atoms. The van der Waals surface area contributed by atoms with E-state index in [4.69, 9.17) is 9.72 Å². The fourth-order valence-electron chi connectivity index (χ4n) is 6.14. The number of halogens is 1. The van der Waals surface area contributed by atoms with Crippen molar-refractivity contribution in [2.75, 3.05) is 26.7 Å². The summed E-state index contributed by atoms with van der Waals surface area (Å²) in [6.07, 6.45) is 0.963. The van der Waals surface area contributed by atoms with Crippen LogP contribution in [0, 0.1) is 12.7 Å². The summed E-state index contributed by atoms with van der Waals surface area (Å²) in [6, 6.07) is 3.14. The molecule has 3 aliphatic rings. The highest BCUT2D eigenvalue weighted by Gasteiger charge is 2.37. The summed E-state index contributed by atoms with van der Waals surface area (Å²) in [5.74, 6) is -0.880. The van der Waals surface area contributed by atoms with E-state index in [0.717, 1.165) is 47.9 Å². The van der Waals surface area contributed by atoms with E-state index in [2.05, 4.69) is 4.90 Å². The normalized spacial score (nSPS) is 19.9. The molecule has 3 aromatic rings. The van der Waals surface area contributed by atoms with Crippen LogP contribution in [0.25, 0.3) is 22.3 Å². The molecule has 0 saturated carbocycles. The second-order valence-electron chi connectivity index (χ2n) is 10.1. The van der Waals surface area contributed by atoms with E-state index in [-0.39, 0.29) is 41.6 Å². The summed E-state index contributed by atoms with van der Waals surface area (Å²) in [7, 11) is 1.98. The molecular weight excluding hydrogens is 465 g/mol. The van der Waals surface area contributed by atoms with Crippen LogP contribution in [0.3, 0.4) is 0 Å². The average molecular weight is 494 g/mol. The summed E-state index contributed by atoms with van der Waals surface area (Å²) in [5, 5.41) is 20.7. The number of fused-ring (bicyclic) bond motifs is 5. The number of carbonyl (C=O) groups excluding carboxylic acids is 1. The van der Waals surface area contributed by atoms with Crippen LogP contribution >= 0.6 is 0 Å². The van der Waals surface area contributed by atoms with Crippen molar-refractivity contribution in [1.29, 1.82) is 0 Å². The molecule has 0 fully saturated rings. The molecule has 4 heterocycles. The summed E-state index contributed by atoms with van der Waals surface area (Å²) in [4.78, 5) is 32.3. The van der Waals surface area contributed by atoms with Crippen molar-refractivity contribution in [3.63, 3.8) is 0 Å². The van der Waals surface area contributed by atoms with E-state index in [9.17, 15) is 24.2 Å². The van der Waals surface area contributed by atoms with Gasteiger partial charge in [0, 0.05) is 29.1 Å². The van der Waals surface area contributed by atoms with Gasteiger partial charge in [0.25, 0.3) is 5.56 Å². The first kappa shape index (κ1) is 23.3. The van der Waals surface area contributed by atoms with Crippen molar-refractivity contribution >= 4 is 16.9 Å². The highest BCUT2D eigenvalue weighted by Crippen LogP contribution is 2.46. The fraction of sp³-hybridized carbons (Fsp3) is 0.444. The molecule has 0 amide bonds. The highest BCUT2D eigenvalue weighted by atomic mass is 19.1. The zero-order chi connectivity index (χ0) is 25.3. The van der Waals surface area contributed by atoms with E-state index in [1.807, 2.05) is 14.0 Å². The minimum atomic E-state index is -1.52. The Hall–Kier alpha value is -3.14. The van der Waals surface area contributed by atoms with Gasteiger partial charge in [-0.3, -0.25) is 4.79 Å². The number of esters is 1. The van der Waals surface area contributed by atoms with Gasteiger partial charge in [-0.05, 0) is 68.5 Å². The Morgan fingerprint density at radius 3 is 2.81 bits per heavy atom. The number of nitrogens with zero attached hydrogens (tertiary/aromatic N) is 3. The third-order valence-electron chi connectivity index (χ3n) is 8.11. The van der Waals surface area contributed by atoms with Gasteiger partial charge >= 0.3 is 5.97 Å². The molecule has 8 nitrogen and oxygen atoms in total. The Bertz CT molecular complexity index is 1500. The molecule has 188 valence electrons. The number of aliphatic hydroxyl groups is 2. The zero-order valence-electron chi connectivity index (χ0n) is 20.3. The number of carbonyl (C=O) groups is 1. The van der Waals surface area contributed by atoms with Crippen LogP contribution < -0.4 is 5.56 Å². The van der Waals surface area contributed by atoms with Crippen molar-refractivity contribution < 1.29 is 24.1 Å². The van der Waals surface area contributed by atoms with Gasteiger partial charge in [-0.15, -0.1) is 0 Å². The monoisotopic (exact) mass is 493 g/mol. The van der Waals surface area contributed by atoms with Crippen LogP contribution in [0.2, 0.25) is 0 Å². The van der Waals surface area contributed by atoms with E-state index in [1.54, 1.807) is 10.6 Å². The van der Waals surface area contributed by atoms with Gasteiger partial charge in [0.15, 0.2) is 6.10 Å². The number of cyclic esters (lactones) is 1. The number of aryl methyl sites for hydroxylation is 1. The zero-order valence-corrected chi connectivity index (χ0v) is 20.3. The molecule has 0 radical (unpaired) electrons. The van der Waals surface area contributed by atoms with Gasteiger partial charge in [-0.1, -0.05) is 0 Å². The van der Waals surface area contributed by atoms with E-state index in [1.165, 1.54) is 6.07 Å². The van der Waals surface area contributed by atoms with Crippen molar-refractivity contribution in [2.24, 2.45) is 0 Å². The van der Waals surface area contributed by atoms with Gasteiger partial charge in [0.05, 0.1) is 35.6 Å². The van der Waals surface area contributed by atoms with Crippen molar-refractivity contribution in [3.8, 4) is 11.4 Å². The third kappa shape index (κ3) is 3.33. The minimum absolute atomic E-state index is 0.0956. The van der Waals surface area contributed by atoms with E-state index < -0.39 is 12.1 Å². The van der Waals surface area contributed by atoms with Crippen LogP contribution in [0.4, 0.5) is 4.39 Å². The Morgan fingerprint density at radius 2 is 2.03 bits per heavy atom. The smallest absolute Gasteiger partial charge is 0.340 e. The molecule has 0 unspecified atom stereocenters. The second kappa shape index (κ2) is 8.47. The maximum absolute atomic E-state index is 14.9. The molecule has 0 saturated heterocycles. The topological polar surface area (TPSA) is 105 Å². The summed E-state index contributed by atoms with van der Waals surface area (Å²) < 4.78 is 21.5. The lowest BCUT2D eigenvalue weighted by atomic mass is 9.77. The molecule has 2 aliphatic heterocycles. The lowest BCUT2D eigenvalue weighted by Gasteiger charge is -2.30. The molecular formula is C27H28FN3O5. The van der Waals surface area contributed by atoms with E-state index >= 15 is 0 Å². The third-order valence-corrected chi connectivity index (χ3v) is 8.11.